The van der Waals surface area contributed by atoms with E-state index in [4.69, 9.17) is 10.2 Å². The molecule has 0 aromatic carbocycles. The number of aromatic nitrogens is 2. The molecule has 2 unspecified atom stereocenters. The second-order valence-electron chi connectivity index (χ2n) is 4.11. The van der Waals surface area contributed by atoms with Gasteiger partial charge in [-0.05, 0) is 6.92 Å². The highest BCUT2D eigenvalue weighted by Gasteiger charge is 2.13. The molecule has 8 heteroatoms. The van der Waals surface area contributed by atoms with Crippen molar-refractivity contribution in [3.63, 3.8) is 0 Å². The van der Waals surface area contributed by atoms with E-state index < -0.39 is 24.4 Å². The van der Waals surface area contributed by atoms with Crippen molar-refractivity contribution in [3.05, 3.63) is 22.1 Å². The molecule has 1 aromatic heterocycles. The van der Waals surface area contributed by atoms with Gasteiger partial charge >= 0.3 is 0 Å². The average Bonchev–Trinajstić information content (AvgIpc) is 2.38. The topological polar surface area (TPSA) is 116 Å². The summed E-state index contributed by atoms with van der Waals surface area (Å²) >= 11 is 1.11. The molecule has 4 N–H and O–H groups in total. The largest absolute Gasteiger partial charge is 0.394 e. The van der Waals surface area contributed by atoms with Gasteiger partial charge in [-0.15, -0.1) is 0 Å². The second kappa shape index (κ2) is 7.61. The SMILES string of the molecule is Cc1cc(=O)nc(SCC(O)CO)n1CC(O)CO. The van der Waals surface area contributed by atoms with Gasteiger partial charge in [-0.1, -0.05) is 11.8 Å². The van der Waals surface area contributed by atoms with E-state index in [9.17, 15) is 15.0 Å². The molecule has 1 rings (SSSR count). The predicted molar refractivity (Wildman–Crippen MR) is 70.1 cm³/mol. The first-order chi connectivity index (χ1) is 8.97. The summed E-state index contributed by atoms with van der Waals surface area (Å²) < 4.78 is 1.59. The number of aliphatic hydroxyl groups excluding tert-OH is 4. The van der Waals surface area contributed by atoms with Gasteiger partial charge in [0.1, 0.15) is 0 Å². The van der Waals surface area contributed by atoms with E-state index >= 15 is 0 Å². The van der Waals surface area contributed by atoms with Crippen molar-refractivity contribution in [2.75, 3.05) is 19.0 Å². The van der Waals surface area contributed by atoms with Gasteiger partial charge in [0.15, 0.2) is 5.16 Å². The molecule has 0 aliphatic rings. The molecule has 1 aromatic rings. The molecule has 0 amide bonds. The van der Waals surface area contributed by atoms with Crippen molar-refractivity contribution in [1.29, 1.82) is 0 Å². The van der Waals surface area contributed by atoms with Crippen LogP contribution in [-0.4, -0.2) is 61.2 Å². The fourth-order valence-corrected chi connectivity index (χ4v) is 2.39. The van der Waals surface area contributed by atoms with Crippen LogP contribution in [0.2, 0.25) is 0 Å². The highest BCUT2D eigenvalue weighted by molar-refractivity contribution is 7.99. The van der Waals surface area contributed by atoms with Crippen molar-refractivity contribution in [2.24, 2.45) is 0 Å². The van der Waals surface area contributed by atoms with Gasteiger partial charge in [-0.25, -0.2) is 0 Å². The van der Waals surface area contributed by atoms with Crippen LogP contribution in [0.5, 0.6) is 0 Å². The first-order valence-electron chi connectivity index (χ1n) is 5.77. The van der Waals surface area contributed by atoms with Crippen LogP contribution in [0.15, 0.2) is 16.0 Å². The van der Waals surface area contributed by atoms with Gasteiger partial charge in [0.25, 0.3) is 5.56 Å². The molecule has 0 saturated carbocycles. The Labute approximate surface area is 114 Å². The third-order valence-electron chi connectivity index (χ3n) is 2.41. The second-order valence-corrected chi connectivity index (χ2v) is 5.10. The zero-order valence-corrected chi connectivity index (χ0v) is 11.4. The van der Waals surface area contributed by atoms with Crippen molar-refractivity contribution < 1.29 is 20.4 Å². The van der Waals surface area contributed by atoms with Crippen LogP contribution in [-0.2, 0) is 6.54 Å². The molecule has 7 nitrogen and oxygen atoms in total. The monoisotopic (exact) mass is 290 g/mol. The van der Waals surface area contributed by atoms with Crippen LogP contribution in [0.4, 0.5) is 0 Å². The predicted octanol–water partition coefficient (Wildman–Crippen LogP) is -1.65. The van der Waals surface area contributed by atoms with E-state index in [0.29, 0.717) is 10.9 Å². The van der Waals surface area contributed by atoms with E-state index in [1.165, 1.54) is 6.07 Å². The molecule has 0 saturated heterocycles. The zero-order valence-electron chi connectivity index (χ0n) is 10.6. The Hall–Kier alpha value is -0.930. The molecule has 0 spiro atoms. The summed E-state index contributed by atoms with van der Waals surface area (Å²) in [5.74, 6) is 0.182. The Balaban J connectivity index is 2.96. The standard InChI is InChI=1S/C11H18N2O5S/c1-7-2-10(18)12-11(19-6-9(17)5-15)13(7)3-8(16)4-14/h2,8-9,14-17H,3-6H2,1H3. The van der Waals surface area contributed by atoms with Crippen LogP contribution in [0.1, 0.15) is 5.69 Å². The molecule has 0 aliphatic heterocycles. The van der Waals surface area contributed by atoms with Crippen molar-refractivity contribution in [3.8, 4) is 0 Å². The first-order valence-corrected chi connectivity index (χ1v) is 6.75. The number of thioether (sulfide) groups is 1. The number of nitrogens with zero attached hydrogens (tertiary/aromatic N) is 2. The van der Waals surface area contributed by atoms with E-state index in [2.05, 4.69) is 4.98 Å². The Kier molecular flexibility index (Phi) is 6.46. The Bertz CT molecular complexity index is 465. The van der Waals surface area contributed by atoms with Gasteiger partial charge < -0.3 is 25.0 Å². The quantitative estimate of drug-likeness (QED) is 0.351. The number of rotatable bonds is 7. The maximum Gasteiger partial charge on any atom is 0.273 e. The molecule has 0 fully saturated rings. The molecule has 0 aliphatic carbocycles. The van der Waals surface area contributed by atoms with E-state index in [1.54, 1.807) is 11.5 Å². The fourth-order valence-electron chi connectivity index (χ4n) is 1.42. The number of aliphatic hydroxyl groups is 4. The minimum absolute atomic E-state index is 0.104. The minimum Gasteiger partial charge on any atom is -0.394 e. The molecule has 19 heavy (non-hydrogen) atoms. The lowest BCUT2D eigenvalue weighted by atomic mass is 10.3. The third kappa shape index (κ3) is 4.92. The van der Waals surface area contributed by atoms with Gasteiger partial charge in [0.2, 0.25) is 0 Å². The van der Waals surface area contributed by atoms with Crippen molar-refractivity contribution in [1.82, 2.24) is 9.55 Å². The maximum absolute atomic E-state index is 11.4. The Morgan fingerprint density at radius 3 is 2.53 bits per heavy atom. The lowest BCUT2D eigenvalue weighted by Crippen LogP contribution is -2.26. The van der Waals surface area contributed by atoms with Crippen LogP contribution in [0.3, 0.4) is 0 Å². The smallest absolute Gasteiger partial charge is 0.273 e. The molecular formula is C11H18N2O5S. The van der Waals surface area contributed by atoms with Gasteiger partial charge in [0, 0.05) is 17.5 Å². The Morgan fingerprint density at radius 1 is 1.32 bits per heavy atom. The van der Waals surface area contributed by atoms with E-state index in [-0.39, 0.29) is 18.9 Å². The van der Waals surface area contributed by atoms with Gasteiger partial charge in [-0.2, -0.15) is 4.98 Å². The lowest BCUT2D eigenvalue weighted by Gasteiger charge is -2.17. The summed E-state index contributed by atoms with van der Waals surface area (Å²) in [6.45, 7) is 1.03. The zero-order chi connectivity index (χ0) is 14.4. The molecule has 108 valence electrons. The Morgan fingerprint density at radius 2 is 1.95 bits per heavy atom. The summed E-state index contributed by atoms with van der Waals surface area (Å²) in [6.07, 6.45) is -1.86. The van der Waals surface area contributed by atoms with Crippen molar-refractivity contribution >= 4 is 11.8 Å². The van der Waals surface area contributed by atoms with Gasteiger partial charge in [0.05, 0.1) is 32.0 Å². The van der Waals surface area contributed by atoms with Crippen LogP contribution in [0.25, 0.3) is 0 Å². The summed E-state index contributed by atoms with van der Waals surface area (Å²) in [4.78, 5) is 15.2. The highest BCUT2D eigenvalue weighted by atomic mass is 32.2. The number of hydrogen-bond acceptors (Lipinski definition) is 7. The summed E-state index contributed by atoms with van der Waals surface area (Å²) in [7, 11) is 0. The normalized spacial score (nSPS) is 14.4. The molecule has 0 bridgehead atoms. The summed E-state index contributed by atoms with van der Waals surface area (Å²) in [5, 5.41) is 36.7. The van der Waals surface area contributed by atoms with E-state index in [0.717, 1.165) is 11.8 Å². The van der Waals surface area contributed by atoms with E-state index in [1.807, 2.05) is 0 Å². The summed E-state index contributed by atoms with van der Waals surface area (Å²) in [6, 6.07) is 1.33. The molecular weight excluding hydrogens is 272 g/mol. The fraction of sp³-hybridized carbons (Fsp3) is 0.636. The van der Waals surface area contributed by atoms with Gasteiger partial charge in [-0.3, -0.25) is 4.79 Å². The van der Waals surface area contributed by atoms with Crippen LogP contribution < -0.4 is 5.56 Å². The number of aryl methyl sites for hydroxylation is 1. The first kappa shape index (κ1) is 16.1. The van der Waals surface area contributed by atoms with Crippen LogP contribution >= 0.6 is 11.8 Å². The minimum atomic E-state index is -0.954. The van der Waals surface area contributed by atoms with Crippen molar-refractivity contribution in [2.45, 2.75) is 30.8 Å². The number of hydrogen-bond donors (Lipinski definition) is 4. The molecule has 2 atom stereocenters. The highest BCUT2D eigenvalue weighted by Crippen LogP contribution is 2.17. The van der Waals surface area contributed by atoms with Crippen LogP contribution in [0, 0.1) is 6.92 Å². The maximum atomic E-state index is 11.4. The summed E-state index contributed by atoms with van der Waals surface area (Å²) in [5.41, 5.74) is 0.196. The molecule has 0 radical (unpaired) electrons. The average molecular weight is 290 g/mol. The lowest BCUT2D eigenvalue weighted by molar-refractivity contribution is 0.0780. The third-order valence-corrected chi connectivity index (χ3v) is 3.54. The molecule has 1 heterocycles.